The van der Waals surface area contributed by atoms with E-state index in [1.165, 1.54) is 0 Å². The summed E-state index contributed by atoms with van der Waals surface area (Å²) in [6.07, 6.45) is -6.84. The molecule has 0 spiro atoms. The van der Waals surface area contributed by atoms with Gasteiger partial charge in [0.05, 0.1) is 6.61 Å². The van der Waals surface area contributed by atoms with Gasteiger partial charge in [-0.2, -0.15) is 0 Å². The fourth-order valence-electron chi connectivity index (χ4n) is 0.618. The summed E-state index contributed by atoms with van der Waals surface area (Å²) in [7, 11) is 0. The Labute approximate surface area is 97.1 Å². The molecule has 0 aliphatic carbocycles. The molecular weight excluding hydrogens is 191 g/mol. The number of aliphatic hydroxyl groups excluding tert-OH is 5. The van der Waals surface area contributed by atoms with E-state index in [0.29, 0.717) is 0 Å². The third kappa shape index (κ3) is 5.04. The van der Waals surface area contributed by atoms with Crippen molar-refractivity contribution < 1.29 is 30.3 Å². The van der Waals surface area contributed by atoms with E-state index in [0.717, 1.165) is 0 Å². The third-order valence-electron chi connectivity index (χ3n) is 1.42. The molecule has 0 aliphatic heterocycles. The van der Waals surface area contributed by atoms with Gasteiger partial charge in [-0.05, 0) is 0 Å². The summed E-state index contributed by atoms with van der Waals surface area (Å²) >= 11 is 0. The minimum atomic E-state index is -1.79. The summed E-state index contributed by atoms with van der Waals surface area (Å²) in [5.41, 5.74) is 0. The van der Waals surface area contributed by atoms with Crippen LogP contribution in [0.2, 0.25) is 0 Å². The van der Waals surface area contributed by atoms with Crippen LogP contribution in [0.3, 0.4) is 0 Å². The van der Waals surface area contributed by atoms with Gasteiger partial charge >= 0.3 is 29.6 Å². The summed E-state index contributed by atoms with van der Waals surface area (Å²) in [4.78, 5) is 9.90. The number of carbonyl (C=O) groups is 1. The van der Waals surface area contributed by atoms with Crippen molar-refractivity contribution in [3.8, 4) is 0 Å². The van der Waals surface area contributed by atoms with Gasteiger partial charge < -0.3 is 30.3 Å². The molecule has 13 heavy (non-hydrogen) atoms. The molecule has 0 aromatic rings. The van der Waals surface area contributed by atoms with Crippen LogP contribution in [0.15, 0.2) is 0 Å². The Morgan fingerprint density at radius 1 is 1.08 bits per heavy atom. The molecule has 0 heterocycles. The van der Waals surface area contributed by atoms with Crippen LogP contribution >= 0.6 is 0 Å². The van der Waals surface area contributed by atoms with Gasteiger partial charge in [0.2, 0.25) is 0 Å². The van der Waals surface area contributed by atoms with Gasteiger partial charge in [0, 0.05) is 0 Å². The first-order valence-corrected chi connectivity index (χ1v) is 3.33. The van der Waals surface area contributed by atoms with Crippen molar-refractivity contribution in [3.05, 3.63) is 0 Å². The van der Waals surface area contributed by atoms with Crippen LogP contribution < -0.4 is 0 Å². The minimum absolute atomic E-state index is 0. The number of hydrogen-bond acceptors (Lipinski definition) is 6. The van der Waals surface area contributed by atoms with Gasteiger partial charge in [0.15, 0.2) is 6.29 Å². The molecule has 0 aromatic heterocycles. The Morgan fingerprint density at radius 3 is 1.85 bits per heavy atom. The molecular formula is C6H13NaO6. The monoisotopic (exact) mass is 204 g/mol. The van der Waals surface area contributed by atoms with E-state index in [1.807, 2.05) is 0 Å². The van der Waals surface area contributed by atoms with Crippen LogP contribution in [0.5, 0.6) is 0 Å². The molecule has 0 aromatic carbocycles. The molecule has 0 rings (SSSR count). The third-order valence-corrected chi connectivity index (χ3v) is 1.42. The number of carbonyl (C=O) groups excluding carboxylic acids is 1. The fourth-order valence-corrected chi connectivity index (χ4v) is 0.618. The SMILES string of the molecule is O=CC(O)C(O)C(O)C(O)CO.[NaH]. The predicted octanol–water partition coefficient (Wildman–Crippen LogP) is -4.03. The summed E-state index contributed by atoms with van der Waals surface area (Å²) in [6, 6.07) is 0. The van der Waals surface area contributed by atoms with E-state index in [1.54, 1.807) is 0 Å². The van der Waals surface area contributed by atoms with Crippen molar-refractivity contribution in [3.63, 3.8) is 0 Å². The summed E-state index contributed by atoms with van der Waals surface area (Å²) in [6.45, 7) is -0.760. The van der Waals surface area contributed by atoms with Crippen LogP contribution in [-0.4, -0.2) is 92.4 Å². The average molecular weight is 204 g/mol. The molecule has 7 heteroatoms. The van der Waals surface area contributed by atoms with Crippen molar-refractivity contribution >= 4 is 35.8 Å². The van der Waals surface area contributed by atoms with Gasteiger partial charge in [-0.3, -0.25) is 0 Å². The van der Waals surface area contributed by atoms with Crippen molar-refractivity contribution in [2.45, 2.75) is 24.4 Å². The molecule has 4 atom stereocenters. The van der Waals surface area contributed by atoms with Gasteiger partial charge in [-0.25, -0.2) is 0 Å². The maximum atomic E-state index is 9.90. The predicted molar refractivity (Wildman–Crippen MR) is 44.3 cm³/mol. The molecule has 4 unspecified atom stereocenters. The molecule has 0 aliphatic rings. The zero-order chi connectivity index (χ0) is 9.72. The first-order chi connectivity index (χ1) is 5.54. The Hall–Kier alpha value is 0.470. The normalized spacial score (nSPS) is 19.5. The number of aldehydes is 1. The molecule has 0 saturated heterocycles. The molecule has 5 N–H and O–H groups in total. The maximum absolute atomic E-state index is 9.90. The molecule has 0 fully saturated rings. The standard InChI is InChI=1S/C6H12O6.Na.H/c7-1-3(9)5(11)6(12)4(10)2-8;;/h1,3-6,8-12H,2H2;;. The molecule has 0 amide bonds. The zero-order valence-electron chi connectivity index (χ0n) is 6.24. The second-order valence-corrected chi connectivity index (χ2v) is 2.36. The van der Waals surface area contributed by atoms with E-state index in [9.17, 15) is 4.79 Å². The molecule has 74 valence electrons. The van der Waals surface area contributed by atoms with Gasteiger partial charge in [-0.15, -0.1) is 0 Å². The number of hydrogen-bond donors (Lipinski definition) is 5. The first kappa shape index (κ1) is 15.9. The summed E-state index contributed by atoms with van der Waals surface area (Å²) in [5.74, 6) is 0. The second-order valence-electron chi connectivity index (χ2n) is 2.36. The quantitative estimate of drug-likeness (QED) is 0.230. The van der Waals surface area contributed by atoms with E-state index in [4.69, 9.17) is 25.5 Å². The van der Waals surface area contributed by atoms with Crippen molar-refractivity contribution in [1.29, 1.82) is 0 Å². The molecule has 0 radical (unpaired) electrons. The molecule has 0 saturated carbocycles. The summed E-state index contributed by atoms with van der Waals surface area (Å²) < 4.78 is 0. The number of rotatable bonds is 5. The summed E-state index contributed by atoms with van der Waals surface area (Å²) in [5, 5.41) is 43.5. The Balaban J connectivity index is 0. The average Bonchev–Trinajstić information content (AvgIpc) is 2.12. The van der Waals surface area contributed by atoms with E-state index in [2.05, 4.69) is 0 Å². The van der Waals surface area contributed by atoms with Gasteiger partial charge in [0.1, 0.15) is 24.4 Å². The van der Waals surface area contributed by atoms with Gasteiger partial charge in [-0.1, -0.05) is 0 Å². The Morgan fingerprint density at radius 2 is 1.54 bits per heavy atom. The van der Waals surface area contributed by atoms with E-state index < -0.39 is 31.0 Å². The van der Waals surface area contributed by atoms with Crippen LogP contribution in [0.4, 0.5) is 0 Å². The van der Waals surface area contributed by atoms with Crippen LogP contribution in [0.25, 0.3) is 0 Å². The van der Waals surface area contributed by atoms with E-state index >= 15 is 0 Å². The van der Waals surface area contributed by atoms with Crippen molar-refractivity contribution in [1.82, 2.24) is 0 Å². The van der Waals surface area contributed by atoms with Gasteiger partial charge in [0.25, 0.3) is 0 Å². The topological polar surface area (TPSA) is 118 Å². The first-order valence-electron chi connectivity index (χ1n) is 3.33. The molecule has 6 nitrogen and oxygen atoms in total. The fraction of sp³-hybridized carbons (Fsp3) is 0.833. The number of aliphatic hydroxyl groups is 5. The van der Waals surface area contributed by atoms with Crippen molar-refractivity contribution in [2.75, 3.05) is 6.61 Å². The van der Waals surface area contributed by atoms with Crippen LogP contribution in [-0.2, 0) is 4.79 Å². The molecule has 0 bridgehead atoms. The zero-order valence-corrected chi connectivity index (χ0v) is 6.24. The van der Waals surface area contributed by atoms with E-state index in [-0.39, 0.29) is 35.8 Å². The van der Waals surface area contributed by atoms with Crippen LogP contribution in [0.1, 0.15) is 0 Å². The Kier molecular flexibility index (Phi) is 9.60. The Bertz CT molecular complexity index is 143. The van der Waals surface area contributed by atoms with Crippen LogP contribution in [0, 0.1) is 0 Å². The van der Waals surface area contributed by atoms with Crippen molar-refractivity contribution in [2.24, 2.45) is 0 Å². The second kappa shape index (κ2) is 7.84.